The van der Waals surface area contributed by atoms with Gasteiger partial charge in [-0.3, -0.25) is 0 Å². The highest BCUT2D eigenvalue weighted by atomic mass is 35.5. The molecule has 2 aromatic rings. The smallest absolute Gasteiger partial charge is 0.106 e. The van der Waals surface area contributed by atoms with Crippen molar-refractivity contribution in [3.63, 3.8) is 0 Å². The van der Waals surface area contributed by atoms with Crippen molar-refractivity contribution in [3.05, 3.63) is 103 Å². The maximum Gasteiger partial charge on any atom is 0.106 e. The number of benzene rings is 2. The summed E-state index contributed by atoms with van der Waals surface area (Å²) in [7, 11) is 0. The zero-order valence-corrected chi connectivity index (χ0v) is 12.4. The Morgan fingerprint density at radius 1 is 0.714 bits per heavy atom. The minimum Gasteiger partial charge on any atom is -0.370 e. The van der Waals surface area contributed by atoms with Crippen molar-refractivity contribution in [3.8, 4) is 0 Å². The van der Waals surface area contributed by atoms with Crippen LogP contribution in [0.5, 0.6) is 0 Å². The Morgan fingerprint density at radius 2 is 1.19 bits per heavy atom. The van der Waals surface area contributed by atoms with E-state index in [-0.39, 0.29) is 0 Å². The van der Waals surface area contributed by atoms with Crippen LogP contribution in [0.3, 0.4) is 0 Å². The van der Waals surface area contributed by atoms with Crippen LogP contribution in [0.2, 0.25) is 0 Å². The highest BCUT2D eigenvalue weighted by molar-refractivity contribution is 6.17. The molecule has 0 amide bonds. The first-order valence-corrected chi connectivity index (χ1v) is 7.52. The van der Waals surface area contributed by atoms with E-state index < -0.39 is 0 Å². The minimum absolute atomic E-state index is 0.493. The van der Waals surface area contributed by atoms with Crippen LogP contribution < -0.4 is 0 Å². The lowest BCUT2D eigenvalue weighted by molar-refractivity contribution is 0.191. The van der Waals surface area contributed by atoms with Gasteiger partial charge < -0.3 is 4.74 Å². The Kier molecular flexibility index (Phi) is 4.95. The molecule has 2 aromatic carbocycles. The van der Waals surface area contributed by atoms with Gasteiger partial charge in [0.2, 0.25) is 0 Å². The summed E-state index contributed by atoms with van der Waals surface area (Å²) >= 11 is 5.71. The zero-order valence-electron chi connectivity index (χ0n) is 11.6. The summed E-state index contributed by atoms with van der Waals surface area (Å²) in [5, 5.41) is 0. The van der Waals surface area contributed by atoms with Crippen molar-refractivity contribution in [1.29, 1.82) is 0 Å². The molecule has 0 unspecified atom stereocenters. The lowest BCUT2D eigenvalue weighted by Gasteiger charge is -2.18. The van der Waals surface area contributed by atoms with E-state index in [9.17, 15) is 0 Å². The molecule has 0 bridgehead atoms. The van der Waals surface area contributed by atoms with E-state index in [0.717, 1.165) is 6.10 Å². The number of hydrogen-bond donors (Lipinski definition) is 0. The molecule has 2 heteroatoms. The molecule has 0 aliphatic heterocycles. The van der Waals surface area contributed by atoms with Crippen LogP contribution in [0, 0.1) is 30.8 Å². The molecule has 0 spiro atoms. The average Bonchev–Trinajstić information content (AvgIpc) is 2.99. The molecule has 0 N–H and O–H groups in total. The van der Waals surface area contributed by atoms with Gasteiger partial charge in [0, 0.05) is 30.6 Å². The van der Waals surface area contributed by atoms with Crippen molar-refractivity contribution in [2.24, 2.45) is 0 Å². The molecular weight excluding hydrogens is 280 g/mol. The van der Waals surface area contributed by atoms with Crippen molar-refractivity contribution in [1.82, 2.24) is 0 Å². The lowest BCUT2D eigenvalue weighted by atomic mass is 9.84. The molecule has 0 atom stereocenters. The van der Waals surface area contributed by atoms with Gasteiger partial charge in [-0.1, -0.05) is 60.7 Å². The quantitative estimate of drug-likeness (QED) is 0.741. The fraction of sp³-hybridized carbons (Fsp3) is 0.105. The topological polar surface area (TPSA) is 9.23 Å². The Balaban J connectivity index is 1.84. The van der Waals surface area contributed by atoms with Gasteiger partial charge in [-0.2, -0.15) is 0 Å². The Hall–Kier alpha value is -1.31. The van der Waals surface area contributed by atoms with E-state index in [1.165, 1.54) is 23.0 Å². The fourth-order valence-electron chi connectivity index (χ4n) is 2.43. The summed E-state index contributed by atoms with van der Waals surface area (Å²) in [5.41, 5.74) is 2.38. The molecular formula is C19H16ClO. The summed E-state index contributed by atoms with van der Waals surface area (Å²) in [6.45, 7) is 0.522. The normalized spacial score (nSPS) is 17.4. The van der Waals surface area contributed by atoms with E-state index in [1.807, 2.05) is 12.1 Å². The molecule has 0 aromatic heterocycles. The van der Waals surface area contributed by atoms with Crippen LogP contribution in [0.25, 0.3) is 0 Å². The van der Waals surface area contributed by atoms with Gasteiger partial charge in [0.25, 0.3) is 0 Å². The van der Waals surface area contributed by atoms with E-state index in [1.54, 1.807) is 0 Å². The third-order valence-electron chi connectivity index (χ3n) is 3.38. The number of ether oxygens (including phenoxy) is 1. The molecule has 105 valence electrons. The fourth-order valence-corrected chi connectivity index (χ4v) is 2.51. The molecule has 1 fully saturated rings. The van der Waals surface area contributed by atoms with Crippen LogP contribution in [-0.4, -0.2) is 12.5 Å². The van der Waals surface area contributed by atoms with Gasteiger partial charge in [0.05, 0.1) is 6.61 Å². The summed E-state index contributed by atoms with van der Waals surface area (Å²) in [6, 6.07) is 20.7. The lowest BCUT2D eigenvalue weighted by Crippen LogP contribution is -2.06. The Bertz CT molecular complexity index is 493. The largest absolute Gasteiger partial charge is 0.370 e. The standard InChI is InChI=1S/C19H16ClO/c20-11-12-21-17-13-18(15-7-3-1-4-8-15)19(14-17)16-9-5-2-6-10-16/h1-10,13-14H,11-12H2. The monoisotopic (exact) mass is 295 g/mol. The van der Waals surface area contributed by atoms with Crippen molar-refractivity contribution >= 4 is 11.6 Å². The number of halogens is 1. The molecule has 1 saturated carbocycles. The van der Waals surface area contributed by atoms with Crippen molar-refractivity contribution in [2.45, 2.75) is 0 Å². The van der Waals surface area contributed by atoms with Gasteiger partial charge in [-0.25, -0.2) is 0 Å². The van der Waals surface area contributed by atoms with Gasteiger partial charge in [-0.15, -0.1) is 11.6 Å². The molecule has 5 radical (unpaired) electrons. The molecule has 1 nitrogen and oxygen atoms in total. The first-order valence-electron chi connectivity index (χ1n) is 6.99. The summed E-state index contributed by atoms with van der Waals surface area (Å²) < 4.78 is 5.69. The van der Waals surface area contributed by atoms with E-state index in [0.29, 0.717) is 12.5 Å². The Morgan fingerprint density at radius 3 is 1.62 bits per heavy atom. The number of rotatable bonds is 5. The maximum atomic E-state index is 5.71. The second-order valence-corrected chi connectivity index (χ2v) is 5.17. The van der Waals surface area contributed by atoms with Crippen molar-refractivity contribution < 1.29 is 4.74 Å². The predicted octanol–water partition coefficient (Wildman–Crippen LogP) is 4.44. The third-order valence-corrected chi connectivity index (χ3v) is 3.53. The van der Waals surface area contributed by atoms with E-state index >= 15 is 0 Å². The second kappa shape index (κ2) is 7.11. The highest BCUT2D eigenvalue weighted by Crippen LogP contribution is 2.47. The molecule has 0 saturated heterocycles. The van der Waals surface area contributed by atoms with Crippen LogP contribution >= 0.6 is 11.6 Å². The highest BCUT2D eigenvalue weighted by Gasteiger charge is 2.39. The SMILES string of the molecule is ClCCO[C]1[CH][C](c2ccccc2)[C](c2ccccc2)[CH]1. The van der Waals surface area contributed by atoms with Crippen molar-refractivity contribution in [2.75, 3.05) is 12.5 Å². The minimum atomic E-state index is 0.493. The molecule has 21 heavy (non-hydrogen) atoms. The zero-order chi connectivity index (χ0) is 14.5. The number of alkyl halides is 1. The summed E-state index contributed by atoms with van der Waals surface area (Å²) in [4.78, 5) is 0. The van der Waals surface area contributed by atoms with Gasteiger partial charge in [0.1, 0.15) is 6.10 Å². The molecule has 0 heterocycles. The maximum absolute atomic E-state index is 5.71. The third kappa shape index (κ3) is 3.48. The summed E-state index contributed by atoms with van der Waals surface area (Å²) in [6.07, 6.45) is 5.04. The first kappa shape index (κ1) is 14.6. The molecule has 3 rings (SSSR count). The van der Waals surface area contributed by atoms with Crippen LogP contribution in [0.4, 0.5) is 0 Å². The van der Waals surface area contributed by atoms with E-state index in [2.05, 4.69) is 61.4 Å². The van der Waals surface area contributed by atoms with Crippen LogP contribution in [0.15, 0.2) is 60.7 Å². The molecule has 1 aliphatic carbocycles. The molecule has 1 aliphatic rings. The second-order valence-electron chi connectivity index (χ2n) is 4.79. The number of hydrogen-bond acceptors (Lipinski definition) is 1. The van der Waals surface area contributed by atoms with Gasteiger partial charge >= 0.3 is 0 Å². The van der Waals surface area contributed by atoms with Gasteiger partial charge in [0.15, 0.2) is 0 Å². The predicted molar refractivity (Wildman–Crippen MR) is 86.1 cm³/mol. The van der Waals surface area contributed by atoms with E-state index in [4.69, 9.17) is 16.3 Å². The summed E-state index contributed by atoms with van der Waals surface area (Å²) in [5.74, 6) is 2.87. The Labute approximate surface area is 131 Å². The average molecular weight is 296 g/mol. The van der Waals surface area contributed by atoms with Gasteiger partial charge in [-0.05, 0) is 11.1 Å². The first-order chi connectivity index (χ1) is 10.4. The van der Waals surface area contributed by atoms with Crippen LogP contribution in [0.1, 0.15) is 11.1 Å². The van der Waals surface area contributed by atoms with Crippen LogP contribution in [-0.2, 0) is 4.74 Å².